The van der Waals surface area contributed by atoms with Crippen LogP contribution in [0.3, 0.4) is 0 Å². The zero-order valence-corrected chi connectivity index (χ0v) is 11.1. The largest absolute Gasteiger partial charge is 0.378 e. The number of hydrogen-bond donors (Lipinski definition) is 1. The molecule has 2 atom stereocenters. The summed E-state index contributed by atoms with van der Waals surface area (Å²) in [5, 5.41) is 3.56. The predicted octanol–water partition coefficient (Wildman–Crippen LogP) is 2.49. The molecule has 100 valence electrons. The second-order valence-electron chi connectivity index (χ2n) is 5.41. The van der Waals surface area contributed by atoms with E-state index < -0.39 is 0 Å². The van der Waals surface area contributed by atoms with Crippen molar-refractivity contribution in [3.05, 3.63) is 0 Å². The van der Waals surface area contributed by atoms with Crippen molar-refractivity contribution >= 4 is 0 Å². The van der Waals surface area contributed by atoms with Gasteiger partial charge < -0.3 is 14.8 Å². The van der Waals surface area contributed by atoms with Gasteiger partial charge in [-0.25, -0.2) is 0 Å². The number of ether oxygens (including phenoxy) is 2. The monoisotopic (exact) mass is 241 g/mol. The molecule has 1 aliphatic heterocycles. The first-order chi connectivity index (χ1) is 8.36. The molecule has 0 aromatic rings. The maximum absolute atomic E-state index is 5.90. The highest BCUT2D eigenvalue weighted by Gasteiger charge is 2.22. The molecule has 1 aliphatic carbocycles. The third-order valence-corrected chi connectivity index (χ3v) is 4.01. The Bertz CT molecular complexity index is 204. The van der Waals surface area contributed by atoms with Crippen molar-refractivity contribution in [2.75, 3.05) is 19.8 Å². The first-order valence-corrected chi connectivity index (χ1v) is 7.33. The molecule has 0 aromatic heterocycles. The summed E-state index contributed by atoms with van der Waals surface area (Å²) in [5.74, 6) is 0. The predicted molar refractivity (Wildman–Crippen MR) is 69.3 cm³/mol. The van der Waals surface area contributed by atoms with E-state index in [0.29, 0.717) is 18.2 Å². The van der Waals surface area contributed by atoms with E-state index in [1.54, 1.807) is 0 Å². The Kier molecular flexibility index (Phi) is 5.75. The molecule has 2 fully saturated rings. The number of rotatable bonds is 6. The van der Waals surface area contributed by atoms with Crippen molar-refractivity contribution in [1.82, 2.24) is 5.32 Å². The molecule has 3 nitrogen and oxygen atoms in total. The smallest absolute Gasteiger partial charge is 0.0700 e. The minimum absolute atomic E-state index is 0.384. The van der Waals surface area contributed by atoms with Crippen LogP contribution in [0.5, 0.6) is 0 Å². The average Bonchev–Trinajstić information content (AvgIpc) is 2.76. The number of hydrogen-bond acceptors (Lipinski definition) is 3. The molecule has 2 unspecified atom stereocenters. The molecular weight excluding hydrogens is 214 g/mol. The van der Waals surface area contributed by atoms with Crippen molar-refractivity contribution < 1.29 is 9.47 Å². The van der Waals surface area contributed by atoms with Crippen molar-refractivity contribution in [2.24, 2.45) is 0 Å². The Morgan fingerprint density at radius 3 is 2.71 bits per heavy atom. The summed E-state index contributed by atoms with van der Waals surface area (Å²) in [6.07, 6.45) is 9.90. The van der Waals surface area contributed by atoms with Crippen LogP contribution < -0.4 is 5.32 Å². The normalized spacial score (nSPS) is 30.9. The molecule has 0 spiro atoms. The zero-order valence-electron chi connectivity index (χ0n) is 11.1. The lowest BCUT2D eigenvalue weighted by Gasteiger charge is -2.22. The summed E-state index contributed by atoms with van der Waals surface area (Å²) in [5.41, 5.74) is 0. The molecule has 1 N–H and O–H groups in total. The molecule has 3 heteroatoms. The van der Waals surface area contributed by atoms with Crippen LogP contribution in [0.2, 0.25) is 0 Å². The van der Waals surface area contributed by atoms with Crippen LogP contribution in [0.25, 0.3) is 0 Å². The fourth-order valence-electron chi connectivity index (χ4n) is 2.84. The highest BCUT2D eigenvalue weighted by atomic mass is 16.5. The van der Waals surface area contributed by atoms with Crippen LogP contribution in [0.1, 0.15) is 51.9 Å². The van der Waals surface area contributed by atoms with Gasteiger partial charge in [0.05, 0.1) is 12.2 Å². The zero-order chi connectivity index (χ0) is 11.9. The van der Waals surface area contributed by atoms with Gasteiger partial charge in [0.2, 0.25) is 0 Å². The van der Waals surface area contributed by atoms with Crippen molar-refractivity contribution in [3.8, 4) is 0 Å². The maximum atomic E-state index is 5.90. The molecule has 17 heavy (non-hydrogen) atoms. The molecule has 0 amide bonds. The van der Waals surface area contributed by atoms with E-state index in [1.807, 2.05) is 0 Å². The summed E-state index contributed by atoms with van der Waals surface area (Å²) < 4.78 is 11.4. The van der Waals surface area contributed by atoms with E-state index in [4.69, 9.17) is 9.47 Å². The second kappa shape index (κ2) is 7.34. The third kappa shape index (κ3) is 4.57. The van der Waals surface area contributed by atoms with E-state index in [1.165, 1.54) is 32.1 Å². The van der Waals surface area contributed by atoms with Gasteiger partial charge in [-0.05, 0) is 39.2 Å². The molecule has 0 aromatic carbocycles. The van der Waals surface area contributed by atoms with Gasteiger partial charge in [-0.1, -0.05) is 19.3 Å². The Morgan fingerprint density at radius 1 is 1.18 bits per heavy atom. The minimum Gasteiger partial charge on any atom is -0.378 e. The van der Waals surface area contributed by atoms with Crippen molar-refractivity contribution in [2.45, 2.75) is 70.1 Å². The Hall–Kier alpha value is -0.120. The van der Waals surface area contributed by atoms with E-state index >= 15 is 0 Å². The summed E-state index contributed by atoms with van der Waals surface area (Å²) in [6, 6.07) is 0.560. The minimum atomic E-state index is 0.384. The highest BCUT2D eigenvalue weighted by molar-refractivity contribution is 4.78. The van der Waals surface area contributed by atoms with Crippen molar-refractivity contribution in [1.29, 1.82) is 0 Å². The van der Waals surface area contributed by atoms with E-state index in [9.17, 15) is 0 Å². The summed E-state index contributed by atoms with van der Waals surface area (Å²) in [6.45, 7) is 5.05. The van der Waals surface area contributed by atoms with Gasteiger partial charge in [-0.15, -0.1) is 0 Å². The highest BCUT2D eigenvalue weighted by Crippen LogP contribution is 2.20. The van der Waals surface area contributed by atoms with Crippen molar-refractivity contribution in [3.63, 3.8) is 0 Å². The molecule has 1 saturated heterocycles. The maximum Gasteiger partial charge on any atom is 0.0700 e. The van der Waals surface area contributed by atoms with Gasteiger partial charge in [0, 0.05) is 19.3 Å². The van der Waals surface area contributed by atoms with E-state index in [2.05, 4.69) is 12.2 Å². The molecule has 1 saturated carbocycles. The Labute approximate surface area is 105 Å². The van der Waals surface area contributed by atoms with Crippen LogP contribution in [0.4, 0.5) is 0 Å². The summed E-state index contributed by atoms with van der Waals surface area (Å²) in [7, 11) is 0. The first kappa shape index (κ1) is 13.3. The van der Waals surface area contributed by atoms with Gasteiger partial charge in [0.15, 0.2) is 0 Å². The SMILES string of the molecule is CC1OCCC1NCCCOC1CCCCC1. The average molecular weight is 241 g/mol. The van der Waals surface area contributed by atoms with Crippen LogP contribution >= 0.6 is 0 Å². The fourth-order valence-corrected chi connectivity index (χ4v) is 2.84. The first-order valence-electron chi connectivity index (χ1n) is 7.33. The van der Waals surface area contributed by atoms with Gasteiger partial charge >= 0.3 is 0 Å². The van der Waals surface area contributed by atoms with Gasteiger partial charge in [-0.2, -0.15) is 0 Å². The lowest BCUT2D eigenvalue weighted by atomic mass is 9.98. The van der Waals surface area contributed by atoms with Crippen LogP contribution in [0.15, 0.2) is 0 Å². The van der Waals surface area contributed by atoms with Crippen LogP contribution in [-0.4, -0.2) is 38.0 Å². The Balaban J connectivity index is 1.45. The fraction of sp³-hybridized carbons (Fsp3) is 1.00. The van der Waals surface area contributed by atoms with Gasteiger partial charge in [0.25, 0.3) is 0 Å². The molecule has 2 rings (SSSR count). The van der Waals surface area contributed by atoms with Gasteiger partial charge in [0.1, 0.15) is 0 Å². The lowest BCUT2D eigenvalue weighted by molar-refractivity contribution is 0.0267. The third-order valence-electron chi connectivity index (χ3n) is 4.01. The summed E-state index contributed by atoms with van der Waals surface area (Å²) >= 11 is 0. The quantitative estimate of drug-likeness (QED) is 0.725. The number of nitrogens with one attached hydrogen (secondary N) is 1. The van der Waals surface area contributed by atoms with Gasteiger partial charge in [-0.3, -0.25) is 0 Å². The topological polar surface area (TPSA) is 30.5 Å². The second-order valence-corrected chi connectivity index (χ2v) is 5.41. The van der Waals surface area contributed by atoms with E-state index in [-0.39, 0.29) is 0 Å². The molecule has 1 heterocycles. The molecule has 0 bridgehead atoms. The molecular formula is C14H27NO2. The standard InChI is InChI=1S/C14H27NO2/c1-12-14(8-11-16-12)15-9-5-10-17-13-6-3-2-4-7-13/h12-15H,2-11H2,1H3. The lowest BCUT2D eigenvalue weighted by Crippen LogP contribution is -2.35. The van der Waals surface area contributed by atoms with E-state index in [0.717, 1.165) is 32.6 Å². The molecule has 0 radical (unpaired) electrons. The van der Waals surface area contributed by atoms with Crippen LogP contribution in [0, 0.1) is 0 Å². The molecule has 2 aliphatic rings. The van der Waals surface area contributed by atoms with Crippen LogP contribution in [-0.2, 0) is 9.47 Å². The Morgan fingerprint density at radius 2 is 2.00 bits per heavy atom. The summed E-state index contributed by atoms with van der Waals surface area (Å²) in [4.78, 5) is 0.